The van der Waals surface area contributed by atoms with Gasteiger partial charge in [-0.05, 0) is 5.92 Å². The molecule has 1 atom stereocenters. The van der Waals surface area contributed by atoms with Gasteiger partial charge in [0.1, 0.15) is 6.04 Å². The Morgan fingerprint density at radius 3 is 2.12 bits per heavy atom. The number of rotatable bonds is 4. The second kappa shape index (κ2) is 5.35. The van der Waals surface area contributed by atoms with Crippen molar-refractivity contribution < 1.29 is 14.3 Å². The Bertz CT molecular complexity index is 302. The van der Waals surface area contributed by atoms with E-state index in [9.17, 15) is 9.59 Å². The van der Waals surface area contributed by atoms with Gasteiger partial charge < -0.3 is 20.3 Å². The second-order valence-electron chi connectivity index (χ2n) is 4.79. The third-order valence-electron chi connectivity index (χ3n) is 3.11. The standard InChI is InChI=1S/C11H21N3O3/c1-7(2)9(10(12)15)14(4)11(16)13(3)8-5-17-6-8/h7-9H,5-6H2,1-4H3,(H2,12,15)/t9-/m0/s1. The molecule has 17 heavy (non-hydrogen) atoms. The number of carbonyl (C=O) groups is 2. The first-order valence-electron chi connectivity index (χ1n) is 5.73. The van der Waals surface area contributed by atoms with Crippen molar-refractivity contribution in [1.82, 2.24) is 9.80 Å². The van der Waals surface area contributed by atoms with Crippen LogP contribution < -0.4 is 5.73 Å². The number of hydrogen-bond donors (Lipinski definition) is 1. The van der Waals surface area contributed by atoms with E-state index in [0.717, 1.165) is 0 Å². The lowest BCUT2D eigenvalue weighted by molar-refractivity contribution is -0.123. The summed E-state index contributed by atoms with van der Waals surface area (Å²) in [5, 5.41) is 0. The molecule has 0 aromatic carbocycles. The minimum absolute atomic E-state index is 0.00695. The van der Waals surface area contributed by atoms with Crippen molar-refractivity contribution in [2.24, 2.45) is 11.7 Å². The summed E-state index contributed by atoms with van der Waals surface area (Å²) in [4.78, 5) is 26.5. The van der Waals surface area contributed by atoms with Gasteiger partial charge >= 0.3 is 6.03 Å². The molecule has 1 fully saturated rings. The molecular weight excluding hydrogens is 222 g/mol. The van der Waals surface area contributed by atoms with Crippen LogP contribution in [0.3, 0.4) is 0 Å². The first-order valence-corrected chi connectivity index (χ1v) is 5.73. The summed E-state index contributed by atoms with van der Waals surface area (Å²) >= 11 is 0. The van der Waals surface area contributed by atoms with Gasteiger partial charge in [-0.3, -0.25) is 4.79 Å². The Morgan fingerprint density at radius 2 is 1.82 bits per heavy atom. The van der Waals surface area contributed by atoms with Crippen LogP contribution in [-0.2, 0) is 9.53 Å². The summed E-state index contributed by atoms with van der Waals surface area (Å²) in [5.74, 6) is -0.485. The lowest BCUT2D eigenvalue weighted by atomic mass is 10.0. The van der Waals surface area contributed by atoms with Gasteiger partial charge in [0.15, 0.2) is 0 Å². The van der Waals surface area contributed by atoms with E-state index < -0.39 is 11.9 Å². The van der Waals surface area contributed by atoms with Gasteiger partial charge in [-0.25, -0.2) is 4.79 Å². The highest BCUT2D eigenvalue weighted by molar-refractivity contribution is 5.86. The number of likely N-dealkylation sites (N-methyl/N-ethyl adjacent to an activating group) is 2. The van der Waals surface area contributed by atoms with E-state index in [4.69, 9.17) is 10.5 Å². The minimum atomic E-state index is -0.578. The molecule has 6 nitrogen and oxygen atoms in total. The molecule has 0 aromatic rings. The van der Waals surface area contributed by atoms with Crippen LogP contribution in [0.15, 0.2) is 0 Å². The fourth-order valence-electron chi connectivity index (χ4n) is 1.94. The average molecular weight is 243 g/mol. The maximum absolute atomic E-state index is 12.1. The summed E-state index contributed by atoms with van der Waals surface area (Å²) < 4.78 is 5.04. The van der Waals surface area contributed by atoms with Crippen molar-refractivity contribution in [3.63, 3.8) is 0 Å². The highest BCUT2D eigenvalue weighted by Crippen LogP contribution is 2.14. The van der Waals surface area contributed by atoms with Crippen molar-refractivity contribution in [3.8, 4) is 0 Å². The van der Waals surface area contributed by atoms with Crippen molar-refractivity contribution in [2.75, 3.05) is 27.3 Å². The normalized spacial score (nSPS) is 17.5. The molecule has 1 rings (SSSR count). The number of ether oxygens (including phenoxy) is 1. The predicted molar refractivity (Wildman–Crippen MR) is 63.3 cm³/mol. The summed E-state index contributed by atoms with van der Waals surface area (Å²) in [6, 6.07) is -0.674. The fourth-order valence-corrected chi connectivity index (χ4v) is 1.94. The second-order valence-corrected chi connectivity index (χ2v) is 4.79. The molecule has 6 heteroatoms. The molecule has 0 saturated carbocycles. The zero-order chi connectivity index (χ0) is 13.2. The molecule has 0 aliphatic carbocycles. The molecule has 0 unspecified atom stereocenters. The van der Waals surface area contributed by atoms with Crippen molar-refractivity contribution in [2.45, 2.75) is 25.9 Å². The molecule has 2 N–H and O–H groups in total. The maximum atomic E-state index is 12.1. The van der Waals surface area contributed by atoms with E-state index in [2.05, 4.69) is 0 Å². The third-order valence-corrected chi connectivity index (χ3v) is 3.11. The first-order chi connectivity index (χ1) is 7.86. The lowest BCUT2D eigenvalue weighted by Gasteiger charge is -2.39. The number of amides is 3. The van der Waals surface area contributed by atoms with Crippen molar-refractivity contribution in [3.05, 3.63) is 0 Å². The number of nitrogens with two attached hydrogens (primary N) is 1. The van der Waals surface area contributed by atoms with Crippen LogP contribution >= 0.6 is 0 Å². The van der Waals surface area contributed by atoms with Crippen molar-refractivity contribution >= 4 is 11.9 Å². The zero-order valence-electron chi connectivity index (χ0n) is 10.8. The SMILES string of the molecule is CC(C)[C@@H](C(N)=O)N(C)C(=O)N(C)C1COC1. The van der Waals surface area contributed by atoms with E-state index in [1.54, 1.807) is 19.0 Å². The minimum Gasteiger partial charge on any atom is -0.377 e. The molecule has 1 aliphatic rings. The molecule has 98 valence electrons. The highest BCUT2D eigenvalue weighted by atomic mass is 16.5. The topological polar surface area (TPSA) is 75.9 Å². The van der Waals surface area contributed by atoms with Crippen LogP contribution in [0, 0.1) is 5.92 Å². The molecule has 0 bridgehead atoms. The lowest BCUT2D eigenvalue weighted by Crippen LogP contribution is -2.57. The van der Waals surface area contributed by atoms with Gasteiger partial charge in [-0.2, -0.15) is 0 Å². The Labute approximate surface area is 102 Å². The molecule has 3 amide bonds. The molecule has 0 spiro atoms. The van der Waals surface area contributed by atoms with Gasteiger partial charge in [0, 0.05) is 14.1 Å². The van der Waals surface area contributed by atoms with Crippen LogP contribution in [0.5, 0.6) is 0 Å². The van der Waals surface area contributed by atoms with Crippen LogP contribution in [0.25, 0.3) is 0 Å². The molecular formula is C11H21N3O3. The van der Waals surface area contributed by atoms with E-state index >= 15 is 0 Å². The number of primary amides is 1. The largest absolute Gasteiger partial charge is 0.377 e. The zero-order valence-corrected chi connectivity index (χ0v) is 10.8. The highest BCUT2D eigenvalue weighted by Gasteiger charge is 2.33. The predicted octanol–water partition coefficient (Wildman–Crippen LogP) is -0.121. The van der Waals surface area contributed by atoms with E-state index in [-0.39, 0.29) is 18.0 Å². The first kappa shape index (κ1) is 13.8. The average Bonchev–Trinajstić information content (AvgIpc) is 2.12. The number of carbonyl (C=O) groups excluding carboxylic acids is 2. The monoisotopic (exact) mass is 243 g/mol. The van der Waals surface area contributed by atoms with E-state index in [1.165, 1.54) is 4.90 Å². The Kier molecular flexibility index (Phi) is 4.34. The van der Waals surface area contributed by atoms with Gasteiger partial charge in [-0.1, -0.05) is 13.8 Å². The third kappa shape index (κ3) is 2.88. The molecule has 1 heterocycles. The summed E-state index contributed by atoms with van der Waals surface area (Å²) in [6.07, 6.45) is 0. The quantitative estimate of drug-likeness (QED) is 0.748. The van der Waals surface area contributed by atoms with Gasteiger partial charge in [0.25, 0.3) is 0 Å². The van der Waals surface area contributed by atoms with Gasteiger partial charge in [0.05, 0.1) is 19.3 Å². The fraction of sp³-hybridized carbons (Fsp3) is 0.818. The number of hydrogen-bond acceptors (Lipinski definition) is 3. The summed E-state index contributed by atoms with van der Waals surface area (Å²) in [7, 11) is 3.32. The van der Waals surface area contributed by atoms with E-state index in [1.807, 2.05) is 13.8 Å². The molecule has 1 aliphatic heterocycles. The number of urea groups is 1. The van der Waals surface area contributed by atoms with Crippen LogP contribution in [0.2, 0.25) is 0 Å². The Balaban J connectivity index is 2.68. The van der Waals surface area contributed by atoms with Crippen LogP contribution in [0.1, 0.15) is 13.8 Å². The van der Waals surface area contributed by atoms with Gasteiger partial charge in [0.2, 0.25) is 5.91 Å². The van der Waals surface area contributed by atoms with Crippen LogP contribution in [0.4, 0.5) is 4.79 Å². The Morgan fingerprint density at radius 1 is 1.29 bits per heavy atom. The maximum Gasteiger partial charge on any atom is 0.320 e. The van der Waals surface area contributed by atoms with Crippen molar-refractivity contribution in [1.29, 1.82) is 0 Å². The molecule has 1 saturated heterocycles. The summed E-state index contributed by atoms with van der Waals surface area (Å²) in [6.45, 7) is 4.84. The molecule has 0 aromatic heterocycles. The van der Waals surface area contributed by atoms with E-state index in [0.29, 0.717) is 13.2 Å². The smallest absolute Gasteiger partial charge is 0.320 e. The molecule has 0 radical (unpaired) electrons. The number of nitrogens with zero attached hydrogens (tertiary/aromatic N) is 2. The summed E-state index contributed by atoms with van der Waals surface area (Å²) in [5.41, 5.74) is 5.32. The Hall–Kier alpha value is -1.30. The van der Waals surface area contributed by atoms with Gasteiger partial charge in [-0.15, -0.1) is 0 Å². The van der Waals surface area contributed by atoms with Crippen LogP contribution in [-0.4, -0.2) is 61.1 Å².